The Bertz CT molecular complexity index is 757. The third-order valence-corrected chi connectivity index (χ3v) is 3.60. The van der Waals surface area contributed by atoms with Gasteiger partial charge in [-0.15, -0.1) is 11.6 Å². The van der Waals surface area contributed by atoms with E-state index in [2.05, 4.69) is 10.1 Å². The molecule has 0 N–H and O–H groups in total. The zero-order chi connectivity index (χ0) is 13.6. The highest BCUT2D eigenvalue weighted by Crippen LogP contribution is 2.28. The molecule has 0 bridgehead atoms. The van der Waals surface area contributed by atoms with Crippen LogP contribution in [0.5, 0.6) is 0 Å². The van der Waals surface area contributed by atoms with E-state index in [0.29, 0.717) is 10.9 Å². The Morgan fingerprint density at radius 1 is 1.32 bits per heavy atom. The van der Waals surface area contributed by atoms with E-state index < -0.39 is 0 Å². The minimum Gasteiger partial charge on any atom is -0.292 e. The monoisotopic (exact) mass is 294 g/mol. The number of aromatic nitrogens is 4. The van der Waals surface area contributed by atoms with E-state index in [1.807, 2.05) is 42.9 Å². The van der Waals surface area contributed by atoms with E-state index in [1.54, 1.807) is 4.68 Å². The predicted molar refractivity (Wildman–Crippen MR) is 77.1 cm³/mol. The Hall–Kier alpha value is -1.52. The van der Waals surface area contributed by atoms with Gasteiger partial charge < -0.3 is 0 Å². The number of hydrogen-bond donors (Lipinski definition) is 0. The second-order valence-electron chi connectivity index (χ2n) is 4.38. The number of hydrogen-bond acceptors (Lipinski definition) is 2. The zero-order valence-electron chi connectivity index (χ0n) is 10.6. The van der Waals surface area contributed by atoms with Gasteiger partial charge in [-0.2, -0.15) is 5.10 Å². The molecule has 0 aliphatic heterocycles. The Morgan fingerprint density at radius 2 is 2.11 bits per heavy atom. The van der Waals surface area contributed by atoms with Gasteiger partial charge in [-0.3, -0.25) is 9.25 Å². The molecule has 0 atom stereocenters. The van der Waals surface area contributed by atoms with Crippen LogP contribution in [0, 0.1) is 6.92 Å². The van der Waals surface area contributed by atoms with Gasteiger partial charge in [0.15, 0.2) is 0 Å². The average molecular weight is 295 g/mol. The van der Waals surface area contributed by atoms with E-state index in [9.17, 15) is 0 Å². The molecule has 0 unspecified atom stereocenters. The van der Waals surface area contributed by atoms with Gasteiger partial charge in [0.25, 0.3) is 0 Å². The fraction of sp³-hybridized carbons (Fsp3) is 0.231. The Labute approximate surface area is 120 Å². The highest BCUT2D eigenvalue weighted by molar-refractivity contribution is 6.35. The zero-order valence-corrected chi connectivity index (χ0v) is 12.1. The smallest absolute Gasteiger partial charge is 0.129 e. The number of para-hydroxylation sites is 1. The van der Waals surface area contributed by atoms with Crippen LogP contribution in [-0.4, -0.2) is 19.3 Å². The number of alkyl halides is 1. The summed E-state index contributed by atoms with van der Waals surface area (Å²) in [5.41, 5.74) is 3.61. The Balaban J connectivity index is 2.39. The van der Waals surface area contributed by atoms with Crippen molar-refractivity contribution >= 4 is 34.2 Å². The molecule has 3 aromatic rings. The molecule has 6 heteroatoms. The van der Waals surface area contributed by atoms with Gasteiger partial charge in [0.05, 0.1) is 27.8 Å². The number of aryl methyl sites for hydroxylation is 2. The van der Waals surface area contributed by atoms with Crippen LogP contribution in [0.25, 0.3) is 16.7 Å². The topological polar surface area (TPSA) is 35.6 Å². The number of imidazole rings is 1. The van der Waals surface area contributed by atoms with Crippen molar-refractivity contribution in [2.24, 2.45) is 7.05 Å². The molecule has 0 fully saturated rings. The fourth-order valence-corrected chi connectivity index (χ4v) is 2.67. The van der Waals surface area contributed by atoms with Crippen LogP contribution >= 0.6 is 23.2 Å². The van der Waals surface area contributed by atoms with Gasteiger partial charge in [-0.1, -0.05) is 17.7 Å². The summed E-state index contributed by atoms with van der Waals surface area (Å²) in [6, 6.07) is 5.72. The van der Waals surface area contributed by atoms with Crippen molar-refractivity contribution in [3.05, 3.63) is 40.9 Å². The molecule has 3 rings (SSSR count). The lowest BCUT2D eigenvalue weighted by molar-refractivity contribution is 0.756. The average Bonchev–Trinajstić information content (AvgIpc) is 2.90. The second kappa shape index (κ2) is 4.54. The normalized spacial score (nSPS) is 11.4. The fourth-order valence-electron chi connectivity index (χ4n) is 2.28. The van der Waals surface area contributed by atoms with E-state index in [-0.39, 0.29) is 0 Å². The summed E-state index contributed by atoms with van der Waals surface area (Å²) in [4.78, 5) is 4.52. The SMILES string of the molecule is Cc1nn(C)cc1-n1c(CCl)nc2c(Cl)cccc21. The van der Waals surface area contributed by atoms with Gasteiger partial charge in [0.2, 0.25) is 0 Å². The van der Waals surface area contributed by atoms with Gasteiger partial charge in [0, 0.05) is 13.2 Å². The lowest BCUT2D eigenvalue weighted by atomic mass is 10.3. The minimum atomic E-state index is 0.319. The summed E-state index contributed by atoms with van der Waals surface area (Å²) in [5, 5.41) is 4.99. The third kappa shape index (κ3) is 1.91. The number of benzene rings is 1. The van der Waals surface area contributed by atoms with Gasteiger partial charge in [-0.05, 0) is 19.1 Å². The predicted octanol–water partition coefficient (Wildman–Crippen LogP) is 3.46. The van der Waals surface area contributed by atoms with Crippen molar-refractivity contribution < 1.29 is 0 Å². The molecule has 0 aliphatic carbocycles. The van der Waals surface area contributed by atoms with Crippen LogP contribution in [0.1, 0.15) is 11.5 Å². The van der Waals surface area contributed by atoms with E-state index >= 15 is 0 Å². The molecule has 1 aromatic carbocycles. The molecule has 0 amide bonds. The van der Waals surface area contributed by atoms with Gasteiger partial charge in [0.1, 0.15) is 11.3 Å². The molecule has 98 valence electrons. The summed E-state index contributed by atoms with van der Waals surface area (Å²) >= 11 is 12.2. The number of nitrogens with zero attached hydrogens (tertiary/aromatic N) is 4. The standard InChI is InChI=1S/C13H12Cl2N4/c1-8-11(7-18(2)17-8)19-10-5-3-4-9(15)13(10)16-12(19)6-14/h3-5,7H,6H2,1-2H3. The first-order chi connectivity index (χ1) is 9.11. The molecular weight excluding hydrogens is 283 g/mol. The summed E-state index contributed by atoms with van der Waals surface area (Å²) in [7, 11) is 1.89. The van der Waals surface area contributed by atoms with Crippen LogP contribution in [0.4, 0.5) is 0 Å². The van der Waals surface area contributed by atoms with E-state index in [1.165, 1.54) is 0 Å². The maximum absolute atomic E-state index is 6.19. The number of fused-ring (bicyclic) bond motifs is 1. The summed E-state index contributed by atoms with van der Waals surface area (Å²) in [6.07, 6.45) is 1.95. The Kier molecular flexibility index (Phi) is 2.99. The first kappa shape index (κ1) is 12.5. The van der Waals surface area contributed by atoms with Crippen LogP contribution in [0.15, 0.2) is 24.4 Å². The van der Waals surface area contributed by atoms with Crippen LogP contribution in [-0.2, 0) is 12.9 Å². The summed E-state index contributed by atoms with van der Waals surface area (Å²) < 4.78 is 3.79. The van der Waals surface area contributed by atoms with Crippen molar-refractivity contribution in [3.8, 4) is 5.69 Å². The molecule has 2 aromatic heterocycles. The molecule has 0 radical (unpaired) electrons. The van der Waals surface area contributed by atoms with Gasteiger partial charge in [-0.25, -0.2) is 4.98 Å². The largest absolute Gasteiger partial charge is 0.292 e. The molecule has 2 heterocycles. The van der Waals surface area contributed by atoms with Crippen molar-refractivity contribution in [2.45, 2.75) is 12.8 Å². The Morgan fingerprint density at radius 3 is 2.74 bits per heavy atom. The van der Waals surface area contributed by atoms with Crippen LogP contribution in [0.3, 0.4) is 0 Å². The lowest BCUT2D eigenvalue weighted by Gasteiger charge is -2.05. The van der Waals surface area contributed by atoms with Crippen molar-refractivity contribution in [2.75, 3.05) is 0 Å². The summed E-state index contributed by atoms with van der Waals surface area (Å²) in [6.45, 7) is 1.96. The quantitative estimate of drug-likeness (QED) is 0.679. The van der Waals surface area contributed by atoms with Crippen molar-refractivity contribution in [3.63, 3.8) is 0 Å². The maximum atomic E-state index is 6.19. The number of rotatable bonds is 2. The minimum absolute atomic E-state index is 0.319. The highest BCUT2D eigenvalue weighted by Gasteiger charge is 2.16. The molecule has 0 aliphatic rings. The van der Waals surface area contributed by atoms with E-state index in [4.69, 9.17) is 23.2 Å². The molecule has 4 nitrogen and oxygen atoms in total. The number of halogens is 2. The molecular formula is C13H12Cl2N4. The highest BCUT2D eigenvalue weighted by atomic mass is 35.5. The summed E-state index contributed by atoms with van der Waals surface area (Å²) in [5.74, 6) is 1.08. The third-order valence-electron chi connectivity index (χ3n) is 3.05. The molecule has 0 saturated carbocycles. The molecule has 0 spiro atoms. The first-order valence-electron chi connectivity index (χ1n) is 5.84. The van der Waals surface area contributed by atoms with Crippen molar-refractivity contribution in [1.29, 1.82) is 0 Å². The van der Waals surface area contributed by atoms with E-state index in [0.717, 1.165) is 28.2 Å². The first-order valence-corrected chi connectivity index (χ1v) is 6.75. The van der Waals surface area contributed by atoms with Crippen LogP contribution in [0.2, 0.25) is 5.02 Å². The molecule has 19 heavy (non-hydrogen) atoms. The van der Waals surface area contributed by atoms with Crippen molar-refractivity contribution in [1.82, 2.24) is 19.3 Å². The van der Waals surface area contributed by atoms with Crippen LogP contribution < -0.4 is 0 Å². The van der Waals surface area contributed by atoms with Gasteiger partial charge >= 0.3 is 0 Å². The lowest BCUT2D eigenvalue weighted by Crippen LogP contribution is -1.99. The second-order valence-corrected chi connectivity index (χ2v) is 5.05. The molecule has 0 saturated heterocycles. The maximum Gasteiger partial charge on any atom is 0.129 e.